The molecule has 2 aromatic rings. The van der Waals surface area contributed by atoms with Gasteiger partial charge < -0.3 is 4.74 Å². The Hall–Kier alpha value is -2.02. The molecule has 1 nitrogen and oxygen atoms in total. The summed E-state index contributed by atoms with van der Waals surface area (Å²) in [7, 11) is 0. The fourth-order valence-electron chi connectivity index (χ4n) is 5.00. The molecule has 0 amide bonds. The van der Waals surface area contributed by atoms with Gasteiger partial charge in [-0.1, -0.05) is 68.1 Å². The van der Waals surface area contributed by atoms with Crippen molar-refractivity contribution in [3.63, 3.8) is 0 Å². The van der Waals surface area contributed by atoms with E-state index in [1.54, 1.807) is 6.26 Å². The van der Waals surface area contributed by atoms with Gasteiger partial charge in [0.15, 0.2) is 0 Å². The molecule has 2 bridgehead atoms. The van der Waals surface area contributed by atoms with Gasteiger partial charge in [0.1, 0.15) is 6.10 Å². The van der Waals surface area contributed by atoms with Crippen LogP contribution >= 0.6 is 0 Å². The number of hydrogen-bond donors (Lipinski definition) is 0. The fourth-order valence-corrected chi connectivity index (χ4v) is 5.00. The Kier molecular flexibility index (Phi) is 3.52. The maximum Gasteiger partial charge on any atom is 0.101 e. The van der Waals surface area contributed by atoms with E-state index in [9.17, 15) is 0 Å². The van der Waals surface area contributed by atoms with Crippen molar-refractivity contribution in [2.45, 2.75) is 37.7 Å². The molecule has 2 aliphatic carbocycles. The number of benzene rings is 2. The highest BCUT2D eigenvalue weighted by Crippen LogP contribution is 2.58. The molecule has 0 aliphatic heterocycles. The van der Waals surface area contributed by atoms with Crippen LogP contribution in [0.5, 0.6) is 0 Å². The second kappa shape index (κ2) is 5.56. The van der Waals surface area contributed by atoms with Crippen molar-refractivity contribution >= 4 is 0 Å². The fraction of sp³-hybridized carbons (Fsp3) is 0.364. The van der Waals surface area contributed by atoms with Gasteiger partial charge in [-0.25, -0.2) is 0 Å². The van der Waals surface area contributed by atoms with E-state index in [-0.39, 0.29) is 5.41 Å². The Labute approximate surface area is 139 Å². The quantitative estimate of drug-likeness (QED) is 0.671. The number of rotatable bonds is 4. The van der Waals surface area contributed by atoms with E-state index in [1.165, 1.54) is 29.5 Å². The summed E-state index contributed by atoms with van der Waals surface area (Å²) in [6.45, 7) is 6.20. The van der Waals surface area contributed by atoms with E-state index in [0.717, 1.165) is 6.42 Å². The molecule has 2 fully saturated rings. The van der Waals surface area contributed by atoms with Gasteiger partial charge in [-0.05, 0) is 53.2 Å². The molecule has 4 unspecified atom stereocenters. The molecule has 2 saturated carbocycles. The van der Waals surface area contributed by atoms with E-state index >= 15 is 0 Å². The van der Waals surface area contributed by atoms with E-state index in [4.69, 9.17) is 4.74 Å². The van der Waals surface area contributed by atoms with E-state index in [2.05, 4.69) is 68.1 Å². The van der Waals surface area contributed by atoms with Crippen molar-refractivity contribution in [3.8, 4) is 11.1 Å². The van der Waals surface area contributed by atoms with Gasteiger partial charge in [0.25, 0.3) is 0 Å². The van der Waals surface area contributed by atoms with Crippen LogP contribution in [0.15, 0.2) is 67.4 Å². The Bertz CT molecular complexity index is 705. The monoisotopic (exact) mass is 304 g/mol. The molecule has 0 aromatic heterocycles. The molecule has 4 rings (SSSR count). The minimum atomic E-state index is 0.262. The van der Waals surface area contributed by atoms with Gasteiger partial charge in [-0.3, -0.25) is 0 Å². The molecule has 4 atom stereocenters. The highest BCUT2D eigenvalue weighted by atomic mass is 16.5. The van der Waals surface area contributed by atoms with Crippen LogP contribution < -0.4 is 0 Å². The first kappa shape index (κ1) is 14.6. The second-order valence-corrected chi connectivity index (χ2v) is 7.30. The zero-order chi connectivity index (χ0) is 15.9. The van der Waals surface area contributed by atoms with Gasteiger partial charge in [-0.15, -0.1) is 0 Å². The Balaban J connectivity index is 1.72. The van der Waals surface area contributed by atoms with Crippen molar-refractivity contribution in [3.05, 3.63) is 73.0 Å². The predicted molar refractivity (Wildman–Crippen MR) is 95.1 cm³/mol. The maximum atomic E-state index is 5.74. The summed E-state index contributed by atoms with van der Waals surface area (Å²) in [5.41, 5.74) is 4.49. The largest absolute Gasteiger partial charge is 0.498 e. The lowest BCUT2D eigenvalue weighted by Gasteiger charge is -2.38. The van der Waals surface area contributed by atoms with Crippen LogP contribution in [-0.2, 0) is 10.2 Å². The normalized spacial score (nSPS) is 32.0. The molecule has 2 aromatic carbocycles. The number of hydrogen-bond acceptors (Lipinski definition) is 1. The number of ether oxygens (including phenoxy) is 1. The average Bonchev–Trinajstić information content (AvgIpc) is 3.14. The summed E-state index contributed by atoms with van der Waals surface area (Å²) >= 11 is 0. The SMILES string of the molecule is C=COC1CC2CC1CC2(C)c1ccccc1-c1ccccc1. The third-order valence-electron chi connectivity index (χ3n) is 6.12. The summed E-state index contributed by atoms with van der Waals surface area (Å²) in [6.07, 6.45) is 5.68. The molecule has 0 N–H and O–H groups in total. The second-order valence-electron chi connectivity index (χ2n) is 7.30. The first-order chi connectivity index (χ1) is 11.2. The van der Waals surface area contributed by atoms with Crippen LogP contribution in [0.25, 0.3) is 11.1 Å². The van der Waals surface area contributed by atoms with Crippen LogP contribution in [-0.4, -0.2) is 6.10 Å². The standard InChI is InChI=1S/C22H24O/c1-3-23-21-14-18-13-17(21)15-22(18,2)20-12-8-7-11-19(20)16-9-5-4-6-10-16/h3-12,17-18,21H,1,13-15H2,2H3. The minimum absolute atomic E-state index is 0.262. The van der Waals surface area contributed by atoms with E-state index in [1.807, 2.05) is 0 Å². The van der Waals surface area contributed by atoms with Gasteiger partial charge in [0.2, 0.25) is 0 Å². The summed E-state index contributed by atoms with van der Waals surface area (Å²) in [6, 6.07) is 19.8. The predicted octanol–water partition coefficient (Wildman–Crippen LogP) is 5.57. The zero-order valence-electron chi connectivity index (χ0n) is 13.7. The van der Waals surface area contributed by atoms with Crippen LogP contribution in [0, 0.1) is 11.8 Å². The van der Waals surface area contributed by atoms with Crippen LogP contribution in [0.3, 0.4) is 0 Å². The Morgan fingerprint density at radius 2 is 1.78 bits per heavy atom. The highest BCUT2D eigenvalue weighted by Gasteiger charge is 2.54. The molecule has 2 aliphatic rings. The first-order valence-corrected chi connectivity index (χ1v) is 8.63. The van der Waals surface area contributed by atoms with Gasteiger partial charge in [0, 0.05) is 0 Å². The Morgan fingerprint density at radius 3 is 2.48 bits per heavy atom. The molecule has 23 heavy (non-hydrogen) atoms. The average molecular weight is 304 g/mol. The summed E-state index contributed by atoms with van der Waals surface area (Å²) in [5, 5.41) is 0. The number of fused-ring (bicyclic) bond motifs is 2. The van der Waals surface area contributed by atoms with E-state index in [0.29, 0.717) is 17.9 Å². The van der Waals surface area contributed by atoms with Crippen molar-refractivity contribution < 1.29 is 4.74 Å². The molecular weight excluding hydrogens is 280 g/mol. The highest BCUT2D eigenvalue weighted by molar-refractivity contribution is 5.69. The van der Waals surface area contributed by atoms with Crippen LogP contribution in [0.4, 0.5) is 0 Å². The van der Waals surface area contributed by atoms with Gasteiger partial charge in [-0.2, -0.15) is 0 Å². The smallest absolute Gasteiger partial charge is 0.101 e. The van der Waals surface area contributed by atoms with Crippen LogP contribution in [0.1, 0.15) is 31.7 Å². The molecule has 0 spiro atoms. The third-order valence-corrected chi connectivity index (χ3v) is 6.12. The lowest BCUT2D eigenvalue weighted by atomic mass is 9.67. The van der Waals surface area contributed by atoms with Gasteiger partial charge >= 0.3 is 0 Å². The minimum Gasteiger partial charge on any atom is -0.498 e. The summed E-state index contributed by atoms with van der Waals surface area (Å²) in [4.78, 5) is 0. The topological polar surface area (TPSA) is 9.23 Å². The molecule has 1 heteroatoms. The Morgan fingerprint density at radius 1 is 1.04 bits per heavy atom. The molecular formula is C22H24O. The summed E-state index contributed by atoms with van der Waals surface area (Å²) < 4.78 is 5.74. The van der Waals surface area contributed by atoms with Crippen molar-refractivity contribution in [2.75, 3.05) is 0 Å². The lowest BCUT2D eigenvalue weighted by molar-refractivity contribution is 0.0704. The molecule has 0 saturated heterocycles. The van der Waals surface area contributed by atoms with Crippen molar-refractivity contribution in [1.29, 1.82) is 0 Å². The lowest BCUT2D eigenvalue weighted by Crippen LogP contribution is -2.34. The maximum absolute atomic E-state index is 5.74. The molecule has 0 heterocycles. The third kappa shape index (κ3) is 2.30. The molecule has 0 radical (unpaired) electrons. The van der Waals surface area contributed by atoms with E-state index < -0.39 is 0 Å². The van der Waals surface area contributed by atoms with Crippen molar-refractivity contribution in [2.24, 2.45) is 11.8 Å². The van der Waals surface area contributed by atoms with Gasteiger partial charge in [0.05, 0.1) is 6.26 Å². The first-order valence-electron chi connectivity index (χ1n) is 8.63. The molecule has 118 valence electrons. The zero-order valence-corrected chi connectivity index (χ0v) is 13.7. The summed E-state index contributed by atoms with van der Waals surface area (Å²) in [5.74, 6) is 1.38. The van der Waals surface area contributed by atoms with Crippen LogP contribution in [0.2, 0.25) is 0 Å². The van der Waals surface area contributed by atoms with Crippen molar-refractivity contribution in [1.82, 2.24) is 0 Å².